The molecular weight excluding hydrogens is 443 g/mol. The molecule has 0 bridgehead atoms. The van der Waals surface area contributed by atoms with Crippen LogP contribution >= 0.6 is 23.2 Å². The van der Waals surface area contributed by atoms with E-state index in [9.17, 15) is 4.79 Å². The van der Waals surface area contributed by atoms with E-state index in [4.69, 9.17) is 23.2 Å². The van der Waals surface area contributed by atoms with E-state index >= 15 is 0 Å². The van der Waals surface area contributed by atoms with Gasteiger partial charge in [0.05, 0.1) is 21.3 Å². The van der Waals surface area contributed by atoms with Crippen LogP contribution < -0.4 is 10.2 Å². The van der Waals surface area contributed by atoms with Gasteiger partial charge in [-0.3, -0.25) is 9.69 Å². The molecule has 1 aliphatic heterocycles. The minimum atomic E-state index is -0.0235. The Balaban J connectivity index is 1.29. The second kappa shape index (κ2) is 9.99. The molecule has 2 aromatic carbocycles. The highest BCUT2D eigenvalue weighted by molar-refractivity contribution is 6.43. The summed E-state index contributed by atoms with van der Waals surface area (Å²) in [4.78, 5) is 17.5. The number of anilines is 1. The highest BCUT2D eigenvalue weighted by atomic mass is 35.5. The van der Waals surface area contributed by atoms with Gasteiger partial charge in [0.1, 0.15) is 0 Å². The van der Waals surface area contributed by atoms with Gasteiger partial charge in [-0.05, 0) is 44.2 Å². The molecule has 3 aromatic rings. The molecule has 7 heteroatoms. The third kappa shape index (κ3) is 4.80. The summed E-state index contributed by atoms with van der Waals surface area (Å²) >= 11 is 12.5. The largest absolute Gasteiger partial charge is 0.368 e. The van der Waals surface area contributed by atoms with Crippen LogP contribution in [0.15, 0.2) is 54.6 Å². The van der Waals surface area contributed by atoms with Crippen molar-refractivity contribution in [3.63, 3.8) is 0 Å². The zero-order valence-corrected chi connectivity index (χ0v) is 20.0. The maximum atomic E-state index is 12.8. The number of benzene rings is 2. The third-order valence-corrected chi connectivity index (χ3v) is 6.86. The van der Waals surface area contributed by atoms with E-state index in [1.807, 2.05) is 56.3 Å². The summed E-state index contributed by atoms with van der Waals surface area (Å²) in [5.74, 6) is -0.0235. The van der Waals surface area contributed by atoms with Crippen molar-refractivity contribution in [3.8, 4) is 5.69 Å². The SMILES string of the molecule is Cc1cc(C(=O)NCCN2CCN(c3cccc(Cl)c3Cl)CC2)c(C)n1-c1ccccc1. The van der Waals surface area contributed by atoms with Crippen LogP contribution in [0, 0.1) is 13.8 Å². The number of amides is 1. The van der Waals surface area contributed by atoms with Crippen LogP contribution in [0.2, 0.25) is 10.0 Å². The number of carbonyl (C=O) groups is 1. The summed E-state index contributed by atoms with van der Waals surface area (Å²) in [6.07, 6.45) is 0. The van der Waals surface area contributed by atoms with Crippen molar-refractivity contribution in [2.75, 3.05) is 44.2 Å². The second-order valence-electron chi connectivity index (χ2n) is 8.11. The number of halogens is 2. The monoisotopic (exact) mass is 470 g/mol. The number of hydrogen-bond acceptors (Lipinski definition) is 3. The highest BCUT2D eigenvalue weighted by Crippen LogP contribution is 2.32. The van der Waals surface area contributed by atoms with Crippen LogP contribution in [0.4, 0.5) is 5.69 Å². The molecule has 32 heavy (non-hydrogen) atoms. The fraction of sp³-hybridized carbons (Fsp3) is 0.320. The van der Waals surface area contributed by atoms with Crippen LogP contribution in [0.25, 0.3) is 5.69 Å². The van der Waals surface area contributed by atoms with E-state index in [1.54, 1.807) is 0 Å². The molecule has 0 saturated carbocycles. The molecule has 5 nitrogen and oxygen atoms in total. The molecule has 0 unspecified atom stereocenters. The number of hydrogen-bond donors (Lipinski definition) is 1. The van der Waals surface area contributed by atoms with E-state index < -0.39 is 0 Å². The smallest absolute Gasteiger partial charge is 0.253 e. The van der Waals surface area contributed by atoms with E-state index in [2.05, 4.69) is 31.8 Å². The zero-order valence-electron chi connectivity index (χ0n) is 18.4. The lowest BCUT2D eigenvalue weighted by atomic mass is 10.2. The maximum absolute atomic E-state index is 12.8. The zero-order chi connectivity index (χ0) is 22.7. The van der Waals surface area contributed by atoms with Crippen LogP contribution in [-0.2, 0) is 0 Å². The highest BCUT2D eigenvalue weighted by Gasteiger charge is 2.20. The minimum Gasteiger partial charge on any atom is -0.368 e. The summed E-state index contributed by atoms with van der Waals surface area (Å²) in [5.41, 5.74) is 4.79. The fourth-order valence-electron chi connectivity index (χ4n) is 4.34. The molecule has 168 valence electrons. The van der Waals surface area contributed by atoms with Gasteiger partial charge < -0.3 is 14.8 Å². The Labute approximate surface area is 199 Å². The average Bonchev–Trinajstić information content (AvgIpc) is 3.10. The molecule has 0 radical (unpaired) electrons. The molecule has 0 aliphatic carbocycles. The summed E-state index contributed by atoms with van der Waals surface area (Å²) in [5, 5.41) is 4.29. The average molecular weight is 471 g/mol. The third-order valence-electron chi connectivity index (χ3n) is 6.05. The van der Waals surface area contributed by atoms with Crippen molar-refractivity contribution in [2.24, 2.45) is 0 Å². The van der Waals surface area contributed by atoms with E-state index in [1.165, 1.54) is 0 Å². The van der Waals surface area contributed by atoms with Gasteiger partial charge in [0.2, 0.25) is 0 Å². The first-order valence-corrected chi connectivity index (χ1v) is 11.6. The minimum absolute atomic E-state index is 0.0235. The second-order valence-corrected chi connectivity index (χ2v) is 8.90. The number of nitrogens with zero attached hydrogens (tertiary/aromatic N) is 3. The Bertz CT molecular complexity index is 1090. The van der Waals surface area contributed by atoms with Gasteiger partial charge in [-0.25, -0.2) is 0 Å². The van der Waals surface area contributed by atoms with E-state index in [0.717, 1.165) is 61.0 Å². The Morgan fingerprint density at radius 3 is 2.41 bits per heavy atom. The normalized spacial score (nSPS) is 14.6. The van der Waals surface area contributed by atoms with Gasteiger partial charge in [0.15, 0.2) is 0 Å². The number of aromatic nitrogens is 1. The Morgan fingerprint density at radius 1 is 0.969 bits per heavy atom. The number of carbonyl (C=O) groups excluding carboxylic acids is 1. The summed E-state index contributed by atoms with van der Waals surface area (Å²) in [6, 6.07) is 17.8. The number of para-hydroxylation sites is 1. The van der Waals surface area contributed by atoms with Gasteiger partial charge in [0, 0.05) is 56.3 Å². The molecule has 1 aliphatic rings. The van der Waals surface area contributed by atoms with Crippen LogP contribution in [0.3, 0.4) is 0 Å². The molecule has 1 fully saturated rings. The topological polar surface area (TPSA) is 40.5 Å². The maximum Gasteiger partial charge on any atom is 0.253 e. The first-order chi connectivity index (χ1) is 15.5. The quantitative estimate of drug-likeness (QED) is 0.553. The van der Waals surface area contributed by atoms with Gasteiger partial charge >= 0.3 is 0 Å². The lowest BCUT2D eigenvalue weighted by molar-refractivity contribution is 0.0947. The lowest BCUT2D eigenvalue weighted by Crippen LogP contribution is -2.48. The molecule has 0 atom stereocenters. The first kappa shape index (κ1) is 22.7. The van der Waals surface area contributed by atoms with Crippen molar-refractivity contribution >= 4 is 34.8 Å². The molecule has 1 saturated heterocycles. The van der Waals surface area contributed by atoms with Gasteiger partial charge in [0.25, 0.3) is 5.91 Å². The lowest BCUT2D eigenvalue weighted by Gasteiger charge is -2.36. The molecule has 0 spiro atoms. The van der Waals surface area contributed by atoms with E-state index in [-0.39, 0.29) is 5.91 Å². The van der Waals surface area contributed by atoms with Crippen molar-refractivity contribution in [3.05, 3.63) is 81.6 Å². The summed E-state index contributed by atoms with van der Waals surface area (Å²) in [7, 11) is 0. The number of rotatable bonds is 6. The van der Waals surface area contributed by atoms with Gasteiger partial charge in [-0.2, -0.15) is 0 Å². The van der Waals surface area contributed by atoms with Crippen molar-refractivity contribution in [1.82, 2.24) is 14.8 Å². The summed E-state index contributed by atoms with van der Waals surface area (Å²) < 4.78 is 2.12. The van der Waals surface area contributed by atoms with Crippen molar-refractivity contribution < 1.29 is 4.79 Å². The first-order valence-electron chi connectivity index (χ1n) is 10.9. The Kier molecular flexibility index (Phi) is 7.09. The summed E-state index contributed by atoms with van der Waals surface area (Å²) in [6.45, 7) is 9.06. The van der Waals surface area contributed by atoms with Crippen LogP contribution in [0.1, 0.15) is 21.7 Å². The molecule has 1 N–H and O–H groups in total. The van der Waals surface area contributed by atoms with Crippen LogP contribution in [-0.4, -0.2) is 54.6 Å². The number of aryl methyl sites for hydroxylation is 1. The molecule has 1 aromatic heterocycles. The molecule has 4 rings (SSSR count). The standard InChI is InChI=1S/C25H28Cl2N4O/c1-18-17-21(19(2)31(18)20-7-4-3-5-8-20)25(32)28-11-12-29-13-15-30(16-14-29)23-10-6-9-22(26)24(23)27/h3-10,17H,11-16H2,1-2H3,(H,28,32). The number of piperazine rings is 1. The van der Waals surface area contributed by atoms with Gasteiger partial charge in [-0.15, -0.1) is 0 Å². The van der Waals surface area contributed by atoms with E-state index in [0.29, 0.717) is 16.6 Å². The fourth-order valence-corrected chi connectivity index (χ4v) is 4.75. The molecule has 2 heterocycles. The Hall–Kier alpha value is -2.47. The van der Waals surface area contributed by atoms with Crippen LogP contribution in [0.5, 0.6) is 0 Å². The predicted molar refractivity (Wildman–Crippen MR) is 133 cm³/mol. The molecule has 1 amide bonds. The Morgan fingerprint density at radius 2 is 1.69 bits per heavy atom. The number of nitrogens with one attached hydrogen (secondary N) is 1. The van der Waals surface area contributed by atoms with Gasteiger partial charge in [-0.1, -0.05) is 47.5 Å². The van der Waals surface area contributed by atoms with Crippen molar-refractivity contribution in [2.45, 2.75) is 13.8 Å². The molecular formula is C25H28Cl2N4O. The predicted octanol–water partition coefficient (Wildman–Crippen LogP) is 4.95. The van der Waals surface area contributed by atoms with Crippen molar-refractivity contribution in [1.29, 1.82) is 0 Å².